The quantitative estimate of drug-likeness (QED) is 0.175. The van der Waals surface area contributed by atoms with Crippen LogP contribution in [0.15, 0.2) is 192 Å². The SMILES string of the molecule is c1ccc(-c2cc3c4cc(-c5cccc(N(c6ccccc6)c6ccc7c(ccc8ccccc87)c6)c5)ccc4oc3c3ccccc23)cc1. The van der Waals surface area contributed by atoms with Gasteiger partial charge in [-0.3, -0.25) is 0 Å². The largest absolute Gasteiger partial charge is 0.455 e. The zero-order chi connectivity index (χ0) is 33.0. The summed E-state index contributed by atoms with van der Waals surface area (Å²) in [6.07, 6.45) is 0. The molecule has 2 heteroatoms. The minimum Gasteiger partial charge on any atom is -0.455 e. The molecule has 0 bridgehead atoms. The molecule has 0 radical (unpaired) electrons. The Bertz CT molecular complexity index is 2870. The number of fused-ring (bicyclic) bond motifs is 8. The van der Waals surface area contributed by atoms with E-state index >= 15 is 0 Å². The Balaban J connectivity index is 1.12. The van der Waals surface area contributed by atoms with Gasteiger partial charge in [0.1, 0.15) is 11.2 Å². The van der Waals surface area contributed by atoms with Crippen LogP contribution in [0.5, 0.6) is 0 Å². The molecular weight excluding hydrogens is 607 g/mol. The van der Waals surface area contributed by atoms with Crippen molar-refractivity contribution in [1.29, 1.82) is 0 Å². The third-order valence-electron chi connectivity index (χ3n) is 10.0. The van der Waals surface area contributed by atoms with Gasteiger partial charge in [-0.2, -0.15) is 0 Å². The highest BCUT2D eigenvalue weighted by molar-refractivity contribution is 6.19. The molecule has 0 saturated carbocycles. The van der Waals surface area contributed by atoms with Gasteiger partial charge in [0, 0.05) is 33.2 Å². The lowest BCUT2D eigenvalue weighted by Gasteiger charge is -2.26. The zero-order valence-electron chi connectivity index (χ0n) is 27.3. The van der Waals surface area contributed by atoms with Crippen molar-refractivity contribution in [3.05, 3.63) is 188 Å². The Kier molecular flexibility index (Phi) is 6.53. The maximum absolute atomic E-state index is 6.58. The molecule has 10 aromatic rings. The van der Waals surface area contributed by atoms with Gasteiger partial charge in [0.05, 0.1) is 0 Å². The van der Waals surface area contributed by atoms with Crippen molar-refractivity contribution in [1.82, 2.24) is 0 Å². The first kappa shape index (κ1) is 28.4. The van der Waals surface area contributed by atoms with E-state index in [2.05, 4.69) is 193 Å². The van der Waals surface area contributed by atoms with Crippen LogP contribution in [0.4, 0.5) is 17.1 Å². The van der Waals surface area contributed by atoms with Gasteiger partial charge in [0.2, 0.25) is 0 Å². The molecule has 2 nitrogen and oxygen atoms in total. The molecule has 1 heterocycles. The number of para-hydroxylation sites is 1. The van der Waals surface area contributed by atoms with Crippen LogP contribution in [0.3, 0.4) is 0 Å². The van der Waals surface area contributed by atoms with E-state index in [0.29, 0.717) is 0 Å². The second-order valence-electron chi connectivity index (χ2n) is 12.9. The molecule has 234 valence electrons. The fourth-order valence-corrected chi connectivity index (χ4v) is 7.62. The fraction of sp³-hybridized carbons (Fsp3) is 0. The van der Waals surface area contributed by atoms with Gasteiger partial charge in [0.15, 0.2) is 0 Å². The smallest absolute Gasteiger partial charge is 0.143 e. The van der Waals surface area contributed by atoms with Crippen molar-refractivity contribution in [2.45, 2.75) is 0 Å². The average molecular weight is 638 g/mol. The molecule has 0 aliphatic rings. The summed E-state index contributed by atoms with van der Waals surface area (Å²) in [7, 11) is 0. The Hall–Kier alpha value is -6.64. The predicted octanol–water partition coefficient (Wildman–Crippen LogP) is 13.8. The first-order valence-electron chi connectivity index (χ1n) is 17.1. The van der Waals surface area contributed by atoms with Crippen LogP contribution in [0.2, 0.25) is 0 Å². The third-order valence-corrected chi connectivity index (χ3v) is 10.0. The maximum atomic E-state index is 6.58. The van der Waals surface area contributed by atoms with Crippen LogP contribution >= 0.6 is 0 Å². The van der Waals surface area contributed by atoms with E-state index in [1.54, 1.807) is 0 Å². The third kappa shape index (κ3) is 4.65. The molecule has 50 heavy (non-hydrogen) atoms. The summed E-state index contributed by atoms with van der Waals surface area (Å²) in [6, 6.07) is 67.5. The first-order chi connectivity index (χ1) is 24.8. The predicted molar refractivity (Wildman–Crippen MR) is 212 cm³/mol. The summed E-state index contributed by atoms with van der Waals surface area (Å²) in [5.41, 5.74) is 9.87. The average Bonchev–Trinajstić information content (AvgIpc) is 3.56. The Morgan fingerprint density at radius 2 is 0.960 bits per heavy atom. The number of rotatable bonds is 5. The summed E-state index contributed by atoms with van der Waals surface area (Å²) in [5.74, 6) is 0. The Morgan fingerprint density at radius 3 is 1.82 bits per heavy atom. The molecule has 0 aliphatic carbocycles. The molecule has 0 saturated heterocycles. The van der Waals surface area contributed by atoms with Gasteiger partial charge in [0.25, 0.3) is 0 Å². The van der Waals surface area contributed by atoms with Gasteiger partial charge in [-0.15, -0.1) is 0 Å². The van der Waals surface area contributed by atoms with E-state index in [-0.39, 0.29) is 0 Å². The van der Waals surface area contributed by atoms with Gasteiger partial charge >= 0.3 is 0 Å². The summed E-state index contributed by atoms with van der Waals surface area (Å²) in [5, 5.41) is 9.59. The van der Waals surface area contributed by atoms with Gasteiger partial charge in [-0.1, -0.05) is 133 Å². The van der Waals surface area contributed by atoms with Crippen molar-refractivity contribution >= 4 is 71.3 Å². The van der Waals surface area contributed by atoms with Gasteiger partial charge in [-0.25, -0.2) is 0 Å². The van der Waals surface area contributed by atoms with Crippen LogP contribution in [-0.4, -0.2) is 0 Å². The number of furan rings is 1. The molecule has 10 rings (SSSR count). The van der Waals surface area contributed by atoms with Gasteiger partial charge < -0.3 is 9.32 Å². The lowest BCUT2D eigenvalue weighted by atomic mass is 9.95. The number of anilines is 3. The van der Waals surface area contributed by atoms with E-state index < -0.39 is 0 Å². The van der Waals surface area contributed by atoms with Crippen LogP contribution in [-0.2, 0) is 0 Å². The molecule has 0 fully saturated rings. The molecule has 0 N–H and O–H groups in total. The second-order valence-corrected chi connectivity index (χ2v) is 12.9. The Labute approximate surface area is 290 Å². The van der Waals surface area contributed by atoms with Crippen LogP contribution in [0.1, 0.15) is 0 Å². The summed E-state index contributed by atoms with van der Waals surface area (Å²) >= 11 is 0. The number of hydrogen-bond acceptors (Lipinski definition) is 2. The van der Waals surface area contributed by atoms with Crippen molar-refractivity contribution < 1.29 is 4.42 Å². The lowest BCUT2D eigenvalue weighted by Crippen LogP contribution is -2.09. The summed E-state index contributed by atoms with van der Waals surface area (Å²) in [4.78, 5) is 2.35. The van der Waals surface area contributed by atoms with Crippen molar-refractivity contribution in [3.8, 4) is 22.3 Å². The minimum atomic E-state index is 0.893. The van der Waals surface area contributed by atoms with Crippen LogP contribution < -0.4 is 4.90 Å². The monoisotopic (exact) mass is 637 g/mol. The first-order valence-corrected chi connectivity index (χ1v) is 17.1. The highest BCUT2D eigenvalue weighted by atomic mass is 16.3. The topological polar surface area (TPSA) is 16.4 Å². The fourth-order valence-electron chi connectivity index (χ4n) is 7.62. The van der Waals surface area contributed by atoms with E-state index in [9.17, 15) is 0 Å². The maximum Gasteiger partial charge on any atom is 0.143 e. The highest BCUT2D eigenvalue weighted by Crippen LogP contribution is 2.42. The molecule has 1 aromatic heterocycles. The van der Waals surface area contributed by atoms with Crippen molar-refractivity contribution in [2.75, 3.05) is 4.90 Å². The molecule has 0 amide bonds. The lowest BCUT2D eigenvalue weighted by molar-refractivity contribution is 0.673. The normalized spacial score (nSPS) is 11.6. The number of nitrogens with zero attached hydrogens (tertiary/aromatic N) is 1. The summed E-state index contributed by atoms with van der Waals surface area (Å²) in [6.45, 7) is 0. The Morgan fingerprint density at radius 1 is 0.320 bits per heavy atom. The number of hydrogen-bond donors (Lipinski definition) is 0. The molecule has 0 spiro atoms. The molecule has 0 atom stereocenters. The minimum absolute atomic E-state index is 0.893. The van der Waals surface area contributed by atoms with E-state index in [4.69, 9.17) is 4.42 Å². The molecule has 0 aliphatic heterocycles. The number of benzene rings is 9. The molecule has 0 unspecified atom stereocenters. The highest BCUT2D eigenvalue weighted by Gasteiger charge is 2.17. The molecular formula is C48H31NO. The van der Waals surface area contributed by atoms with E-state index in [0.717, 1.165) is 55.5 Å². The molecule has 9 aromatic carbocycles. The van der Waals surface area contributed by atoms with Crippen molar-refractivity contribution in [3.63, 3.8) is 0 Å². The van der Waals surface area contributed by atoms with Crippen LogP contribution in [0.25, 0.3) is 76.5 Å². The van der Waals surface area contributed by atoms with Gasteiger partial charge in [-0.05, 0) is 104 Å². The van der Waals surface area contributed by atoms with Crippen molar-refractivity contribution in [2.24, 2.45) is 0 Å². The van der Waals surface area contributed by atoms with E-state index in [1.165, 1.54) is 38.1 Å². The van der Waals surface area contributed by atoms with Crippen LogP contribution in [0, 0.1) is 0 Å². The standard InChI is InChI=1S/C48H31NO/c1-3-12-32(13-4-1)44-31-46-45-30-35(24-27-47(45)50-48(46)43-21-10-9-20-42(43)44)34-15-11-18-38(28-34)49(37-16-5-2-6-17-37)39-25-26-41-36(29-39)23-22-33-14-7-8-19-40(33)41/h1-31H. The summed E-state index contributed by atoms with van der Waals surface area (Å²) < 4.78 is 6.58. The second kappa shape index (κ2) is 11.5. The van der Waals surface area contributed by atoms with E-state index in [1.807, 2.05) is 0 Å². The zero-order valence-corrected chi connectivity index (χ0v) is 27.3.